The summed E-state index contributed by atoms with van der Waals surface area (Å²) in [7, 11) is 0. The lowest BCUT2D eigenvalue weighted by molar-refractivity contribution is 0.717. The predicted octanol–water partition coefficient (Wildman–Crippen LogP) is 0.794. The molecule has 0 amide bonds. The van der Waals surface area contributed by atoms with E-state index in [1.165, 1.54) is 23.0 Å². The molecule has 3 heterocycles. The average molecular weight is 282 g/mol. The monoisotopic (exact) mass is 282 g/mol. The summed E-state index contributed by atoms with van der Waals surface area (Å²) in [5.41, 5.74) is 7.12. The normalized spacial score (nSPS) is 14.7. The standard InChI is InChI=1S/C14H14N6O/c15-12-3-4-19(14(21)18-12)7-11-8-20-6-10(9-1-2-9)5-16-13(20)17-11/h3-6,8-9H,1-2,7H2,(H2,15,18,21). The van der Waals surface area contributed by atoms with Crippen LogP contribution in [0, 0.1) is 0 Å². The Labute approximate surface area is 120 Å². The number of anilines is 1. The molecule has 0 aliphatic heterocycles. The molecule has 106 valence electrons. The van der Waals surface area contributed by atoms with Gasteiger partial charge < -0.3 is 5.73 Å². The number of nitrogens with two attached hydrogens (primary N) is 1. The van der Waals surface area contributed by atoms with E-state index in [0.717, 1.165) is 5.69 Å². The third kappa shape index (κ3) is 2.26. The fraction of sp³-hybridized carbons (Fsp3) is 0.286. The summed E-state index contributed by atoms with van der Waals surface area (Å²) in [6.45, 7) is 0.355. The maximum absolute atomic E-state index is 11.7. The zero-order valence-corrected chi connectivity index (χ0v) is 11.3. The summed E-state index contributed by atoms with van der Waals surface area (Å²) >= 11 is 0. The highest BCUT2D eigenvalue weighted by Crippen LogP contribution is 2.39. The van der Waals surface area contributed by atoms with Gasteiger partial charge in [-0.15, -0.1) is 0 Å². The number of hydrogen-bond acceptors (Lipinski definition) is 5. The lowest BCUT2D eigenvalue weighted by Gasteiger charge is -2.01. The van der Waals surface area contributed by atoms with E-state index in [2.05, 4.69) is 21.1 Å². The Kier molecular flexibility index (Phi) is 2.53. The summed E-state index contributed by atoms with van der Waals surface area (Å²) in [5.74, 6) is 1.52. The molecule has 3 aromatic rings. The number of hydrogen-bond donors (Lipinski definition) is 1. The van der Waals surface area contributed by atoms with E-state index < -0.39 is 0 Å². The van der Waals surface area contributed by atoms with Crippen LogP contribution < -0.4 is 11.4 Å². The zero-order chi connectivity index (χ0) is 14.4. The third-order valence-electron chi connectivity index (χ3n) is 3.66. The van der Waals surface area contributed by atoms with Crippen molar-refractivity contribution < 1.29 is 0 Å². The molecule has 0 spiro atoms. The molecule has 7 heteroatoms. The second-order valence-electron chi connectivity index (χ2n) is 5.36. The molecule has 0 saturated heterocycles. The third-order valence-corrected chi connectivity index (χ3v) is 3.66. The van der Waals surface area contributed by atoms with E-state index in [-0.39, 0.29) is 11.5 Å². The Hall–Kier alpha value is -2.70. The van der Waals surface area contributed by atoms with Crippen molar-refractivity contribution in [3.8, 4) is 0 Å². The summed E-state index contributed by atoms with van der Waals surface area (Å²) in [6, 6.07) is 1.60. The van der Waals surface area contributed by atoms with Gasteiger partial charge >= 0.3 is 5.69 Å². The van der Waals surface area contributed by atoms with E-state index in [4.69, 9.17) is 5.73 Å². The van der Waals surface area contributed by atoms with Gasteiger partial charge in [-0.2, -0.15) is 4.98 Å². The highest BCUT2D eigenvalue weighted by Gasteiger charge is 2.24. The molecule has 4 rings (SSSR count). The van der Waals surface area contributed by atoms with E-state index in [9.17, 15) is 4.79 Å². The maximum atomic E-state index is 11.7. The van der Waals surface area contributed by atoms with Crippen LogP contribution >= 0.6 is 0 Å². The van der Waals surface area contributed by atoms with E-state index in [1.807, 2.05) is 16.8 Å². The van der Waals surface area contributed by atoms with Gasteiger partial charge in [0.2, 0.25) is 5.78 Å². The topological polar surface area (TPSA) is 91.1 Å². The Morgan fingerprint density at radius 2 is 2.14 bits per heavy atom. The Morgan fingerprint density at radius 3 is 2.90 bits per heavy atom. The van der Waals surface area contributed by atoms with Crippen molar-refractivity contribution in [3.05, 3.63) is 52.6 Å². The quantitative estimate of drug-likeness (QED) is 0.767. The largest absolute Gasteiger partial charge is 0.383 e. The Balaban J connectivity index is 1.68. The SMILES string of the molecule is Nc1ccn(Cc2cn3cc(C4CC4)cnc3n2)c(=O)n1. The van der Waals surface area contributed by atoms with Crippen LogP contribution in [0.3, 0.4) is 0 Å². The first kappa shape index (κ1) is 12.1. The number of nitrogens with zero attached hydrogens (tertiary/aromatic N) is 5. The van der Waals surface area contributed by atoms with E-state index in [1.54, 1.807) is 12.3 Å². The first-order valence-corrected chi connectivity index (χ1v) is 6.85. The van der Waals surface area contributed by atoms with Gasteiger partial charge in [0.25, 0.3) is 0 Å². The molecule has 0 radical (unpaired) electrons. The van der Waals surface area contributed by atoms with Crippen LogP contribution in [0.5, 0.6) is 0 Å². The van der Waals surface area contributed by atoms with Crippen molar-refractivity contribution in [1.82, 2.24) is 23.9 Å². The van der Waals surface area contributed by atoms with Gasteiger partial charge in [0.15, 0.2) is 0 Å². The molecule has 3 aromatic heterocycles. The van der Waals surface area contributed by atoms with Gasteiger partial charge in [-0.3, -0.25) is 8.97 Å². The molecule has 0 atom stereocenters. The number of aromatic nitrogens is 5. The summed E-state index contributed by atoms with van der Waals surface area (Å²) < 4.78 is 3.39. The van der Waals surface area contributed by atoms with Crippen LogP contribution in [0.25, 0.3) is 5.78 Å². The molecule has 0 unspecified atom stereocenters. The van der Waals surface area contributed by atoms with Crippen molar-refractivity contribution in [1.29, 1.82) is 0 Å². The molecule has 0 aromatic carbocycles. The molecule has 7 nitrogen and oxygen atoms in total. The van der Waals surface area contributed by atoms with Gasteiger partial charge in [-0.05, 0) is 30.4 Å². The van der Waals surface area contributed by atoms with Crippen molar-refractivity contribution >= 4 is 11.6 Å². The molecule has 0 bridgehead atoms. The van der Waals surface area contributed by atoms with E-state index in [0.29, 0.717) is 18.2 Å². The minimum Gasteiger partial charge on any atom is -0.383 e. The van der Waals surface area contributed by atoms with Crippen molar-refractivity contribution in [2.45, 2.75) is 25.3 Å². The van der Waals surface area contributed by atoms with Crippen LogP contribution in [0.4, 0.5) is 5.82 Å². The van der Waals surface area contributed by atoms with Crippen molar-refractivity contribution in [2.24, 2.45) is 0 Å². The van der Waals surface area contributed by atoms with Crippen molar-refractivity contribution in [3.63, 3.8) is 0 Å². The van der Waals surface area contributed by atoms with E-state index >= 15 is 0 Å². The first-order chi connectivity index (χ1) is 10.2. The van der Waals surface area contributed by atoms with Crippen LogP contribution in [-0.2, 0) is 6.54 Å². The molecular formula is C14H14N6O. The molecule has 1 saturated carbocycles. The Morgan fingerprint density at radius 1 is 1.29 bits per heavy atom. The maximum Gasteiger partial charge on any atom is 0.349 e. The molecule has 21 heavy (non-hydrogen) atoms. The fourth-order valence-corrected chi connectivity index (χ4v) is 2.39. The zero-order valence-electron chi connectivity index (χ0n) is 11.3. The summed E-state index contributed by atoms with van der Waals surface area (Å²) in [6.07, 6.45) is 9.96. The number of imidazole rings is 1. The number of nitrogen functional groups attached to an aromatic ring is 1. The van der Waals surface area contributed by atoms with Gasteiger partial charge in [0, 0.05) is 24.8 Å². The minimum atomic E-state index is -0.376. The van der Waals surface area contributed by atoms with Crippen molar-refractivity contribution in [2.75, 3.05) is 5.73 Å². The summed E-state index contributed by atoms with van der Waals surface area (Å²) in [4.78, 5) is 24.2. The first-order valence-electron chi connectivity index (χ1n) is 6.85. The molecule has 1 fully saturated rings. The molecule has 1 aliphatic rings. The van der Waals surface area contributed by atoms with Gasteiger partial charge in [0.1, 0.15) is 5.82 Å². The minimum absolute atomic E-state index is 0.224. The number of fused-ring (bicyclic) bond motifs is 1. The van der Waals surface area contributed by atoms with Crippen LogP contribution in [0.2, 0.25) is 0 Å². The van der Waals surface area contributed by atoms with Gasteiger partial charge in [-0.1, -0.05) is 0 Å². The highest BCUT2D eigenvalue weighted by molar-refractivity contribution is 5.34. The second kappa shape index (κ2) is 4.41. The highest BCUT2D eigenvalue weighted by atomic mass is 16.1. The molecular weight excluding hydrogens is 268 g/mol. The lowest BCUT2D eigenvalue weighted by Crippen LogP contribution is -2.23. The van der Waals surface area contributed by atoms with Gasteiger partial charge in [0.05, 0.1) is 12.2 Å². The lowest BCUT2D eigenvalue weighted by atomic mass is 10.2. The molecule has 2 N–H and O–H groups in total. The fourth-order valence-electron chi connectivity index (χ4n) is 2.39. The van der Waals surface area contributed by atoms with Crippen LogP contribution in [0.15, 0.2) is 35.6 Å². The Bertz CT molecular complexity index is 877. The molecule has 1 aliphatic carbocycles. The summed E-state index contributed by atoms with van der Waals surface area (Å²) in [5, 5.41) is 0. The predicted molar refractivity (Wildman–Crippen MR) is 77.0 cm³/mol. The van der Waals surface area contributed by atoms with Crippen LogP contribution in [-0.4, -0.2) is 23.9 Å². The van der Waals surface area contributed by atoms with Crippen LogP contribution in [0.1, 0.15) is 30.0 Å². The second-order valence-corrected chi connectivity index (χ2v) is 5.36. The smallest absolute Gasteiger partial charge is 0.349 e. The number of rotatable bonds is 3. The average Bonchev–Trinajstić information content (AvgIpc) is 3.22. The van der Waals surface area contributed by atoms with Gasteiger partial charge in [-0.25, -0.2) is 14.8 Å².